The second-order valence-electron chi connectivity index (χ2n) is 4.84. The molecule has 0 aliphatic carbocycles. The Morgan fingerprint density at radius 3 is 2.50 bits per heavy atom. The highest BCUT2D eigenvalue weighted by Crippen LogP contribution is 2.36. The van der Waals surface area contributed by atoms with Crippen LogP contribution in [-0.2, 0) is 10.8 Å². The summed E-state index contributed by atoms with van der Waals surface area (Å²) in [4.78, 5) is 2.97. The van der Waals surface area contributed by atoms with Gasteiger partial charge in [0.05, 0.1) is 20.4 Å². The zero-order chi connectivity index (χ0) is 14.5. The number of thiophene rings is 1. The summed E-state index contributed by atoms with van der Waals surface area (Å²) in [6, 6.07) is 11.6. The molecule has 0 aliphatic rings. The van der Waals surface area contributed by atoms with Crippen LogP contribution >= 0.6 is 22.9 Å². The topological polar surface area (TPSA) is 20.3 Å². The molecule has 0 saturated carbocycles. The van der Waals surface area contributed by atoms with Gasteiger partial charge in [-0.25, -0.2) is 0 Å². The average molecular weight is 328 g/mol. The Hall–Kier alpha value is -0.680. The summed E-state index contributed by atoms with van der Waals surface area (Å²) in [5.41, 5.74) is 1.00. The van der Waals surface area contributed by atoms with Crippen molar-refractivity contribution < 1.29 is 4.21 Å². The quantitative estimate of drug-likeness (QED) is 0.792. The first-order valence-electron chi connectivity index (χ1n) is 6.43. The van der Waals surface area contributed by atoms with E-state index in [1.807, 2.05) is 55.9 Å². The van der Waals surface area contributed by atoms with Gasteiger partial charge in [-0.3, -0.25) is 4.21 Å². The van der Waals surface area contributed by atoms with Crippen LogP contribution in [0.2, 0.25) is 4.34 Å². The Kier molecular flexibility index (Phi) is 5.78. The first kappa shape index (κ1) is 15.7. The van der Waals surface area contributed by atoms with E-state index in [9.17, 15) is 4.21 Å². The number of rotatable bonds is 6. The molecule has 1 aromatic carbocycles. The Bertz CT molecular complexity index is 568. The first-order valence-corrected chi connectivity index (χ1v) is 8.90. The van der Waals surface area contributed by atoms with Gasteiger partial charge in [0.2, 0.25) is 0 Å². The maximum absolute atomic E-state index is 12.8. The highest BCUT2D eigenvalue weighted by Gasteiger charge is 2.23. The van der Waals surface area contributed by atoms with Crippen molar-refractivity contribution in [3.8, 4) is 0 Å². The van der Waals surface area contributed by atoms with E-state index in [1.54, 1.807) is 0 Å². The summed E-state index contributed by atoms with van der Waals surface area (Å²) in [5, 5.41) is 1.90. The third kappa shape index (κ3) is 3.92. The molecule has 0 saturated heterocycles. The highest BCUT2D eigenvalue weighted by atomic mass is 35.5. The van der Waals surface area contributed by atoms with Crippen molar-refractivity contribution in [1.82, 2.24) is 4.90 Å². The summed E-state index contributed by atoms with van der Waals surface area (Å²) in [7, 11) is 2.97. The van der Waals surface area contributed by atoms with Crippen LogP contribution in [-0.4, -0.2) is 29.7 Å². The largest absolute Gasteiger partial charge is 0.309 e. The van der Waals surface area contributed by atoms with Crippen LogP contribution in [0, 0.1) is 0 Å². The molecule has 2 nitrogen and oxygen atoms in total. The van der Waals surface area contributed by atoms with E-state index in [2.05, 4.69) is 4.90 Å². The second-order valence-corrected chi connectivity index (χ2v) is 7.99. The predicted molar refractivity (Wildman–Crippen MR) is 88.1 cm³/mol. The molecule has 1 aromatic heterocycles. The average Bonchev–Trinajstić information content (AvgIpc) is 2.86. The van der Waals surface area contributed by atoms with Crippen molar-refractivity contribution >= 4 is 33.7 Å². The lowest BCUT2D eigenvalue weighted by Crippen LogP contribution is -2.18. The monoisotopic (exact) mass is 327 g/mol. The zero-order valence-corrected chi connectivity index (χ0v) is 14.0. The van der Waals surface area contributed by atoms with E-state index < -0.39 is 10.8 Å². The Morgan fingerprint density at radius 2 is 1.95 bits per heavy atom. The number of halogens is 1. The molecule has 2 aromatic rings. The van der Waals surface area contributed by atoms with Crippen LogP contribution in [0.5, 0.6) is 0 Å². The smallest absolute Gasteiger partial charge is 0.0972 e. The molecule has 1 heterocycles. The summed E-state index contributed by atoms with van der Waals surface area (Å²) in [6.45, 7) is 0.884. The summed E-state index contributed by atoms with van der Waals surface area (Å²) in [6.07, 6.45) is 0.824. The van der Waals surface area contributed by atoms with Crippen LogP contribution in [0.4, 0.5) is 0 Å². The van der Waals surface area contributed by atoms with Gasteiger partial charge >= 0.3 is 0 Å². The van der Waals surface area contributed by atoms with Crippen LogP contribution in [0.25, 0.3) is 0 Å². The third-order valence-corrected chi connectivity index (χ3v) is 6.01. The zero-order valence-electron chi connectivity index (χ0n) is 11.6. The summed E-state index contributed by atoms with van der Waals surface area (Å²) < 4.78 is 13.6. The molecule has 0 N–H and O–H groups in total. The van der Waals surface area contributed by atoms with Gasteiger partial charge in [-0.1, -0.05) is 29.8 Å². The highest BCUT2D eigenvalue weighted by molar-refractivity contribution is 7.85. The molecule has 0 radical (unpaired) electrons. The van der Waals surface area contributed by atoms with Gasteiger partial charge in [0.25, 0.3) is 0 Å². The van der Waals surface area contributed by atoms with E-state index in [0.717, 1.165) is 27.8 Å². The van der Waals surface area contributed by atoms with Crippen molar-refractivity contribution in [3.05, 3.63) is 51.7 Å². The molecule has 0 fully saturated rings. The van der Waals surface area contributed by atoms with Gasteiger partial charge in [0, 0.05) is 4.90 Å². The van der Waals surface area contributed by atoms with E-state index in [4.69, 9.17) is 11.6 Å². The van der Waals surface area contributed by atoms with Crippen molar-refractivity contribution in [3.63, 3.8) is 0 Å². The fourth-order valence-corrected chi connectivity index (χ4v) is 4.68. The minimum absolute atomic E-state index is 0.0569. The van der Waals surface area contributed by atoms with Gasteiger partial charge in [0.1, 0.15) is 0 Å². The molecule has 2 unspecified atom stereocenters. The van der Waals surface area contributed by atoms with Crippen LogP contribution < -0.4 is 0 Å². The molecule has 5 heteroatoms. The maximum Gasteiger partial charge on any atom is 0.0972 e. The van der Waals surface area contributed by atoms with Gasteiger partial charge in [0.15, 0.2) is 0 Å². The molecule has 0 amide bonds. The van der Waals surface area contributed by atoms with Gasteiger partial charge in [-0.2, -0.15) is 0 Å². The van der Waals surface area contributed by atoms with Crippen LogP contribution in [0.1, 0.15) is 17.2 Å². The van der Waals surface area contributed by atoms with Gasteiger partial charge < -0.3 is 4.90 Å². The standard InChI is InChI=1S/C15H18ClNOS2/c1-17(2)10-8-14(13-9-11-19-15(13)16)20(18)12-6-4-3-5-7-12/h3-7,9,11,14H,8,10H2,1-2H3. The lowest BCUT2D eigenvalue weighted by Gasteiger charge is -2.19. The van der Waals surface area contributed by atoms with E-state index in [1.165, 1.54) is 11.3 Å². The van der Waals surface area contributed by atoms with Gasteiger partial charge in [-0.15, -0.1) is 11.3 Å². The Morgan fingerprint density at radius 1 is 1.25 bits per heavy atom. The number of hydrogen-bond acceptors (Lipinski definition) is 3. The minimum atomic E-state index is -1.08. The van der Waals surface area contributed by atoms with E-state index >= 15 is 0 Å². The molecular formula is C15H18ClNOS2. The van der Waals surface area contributed by atoms with E-state index in [0.29, 0.717) is 0 Å². The molecule has 2 rings (SSSR count). The maximum atomic E-state index is 12.8. The molecule has 20 heavy (non-hydrogen) atoms. The minimum Gasteiger partial charge on any atom is -0.309 e. The van der Waals surface area contributed by atoms with Crippen molar-refractivity contribution in [1.29, 1.82) is 0 Å². The first-order chi connectivity index (χ1) is 9.59. The molecular weight excluding hydrogens is 310 g/mol. The summed E-state index contributed by atoms with van der Waals surface area (Å²) >= 11 is 7.75. The summed E-state index contributed by atoms with van der Waals surface area (Å²) in [5.74, 6) is 0. The SMILES string of the molecule is CN(C)CCC(c1ccsc1Cl)S(=O)c1ccccc1. The lowest BCUT2D eigenvalue weighted by atomic mass is 10.2. The normalized spacial score (nSPS) is 14.4. The predicted octanol–water partition coefficient (Wildman–Crippen LogP) is 4.20. The third-order valence-electron chi connectivity index (χ3n) is 3.07. The Balaban J connectivity index is 2.27. The Labute approximate surface area is 131 Å². The second kappa shape index (κ2) is 7.36. The number of benzene rings is 1. The lowest BCUT2D eigenvalue weighted by molar-refractivity contribution is 0.397. The fraction of sp³-hybridized carbons (Fsp3) is 0.333. The molecule has 0 spiro atoms. The molecule has 0 bridgehead atoms. The van der Waals surface area contributed by atoms with Crippen molar-refractivity contribution in [2.75, 3.05) is 20.6 Å². The number of hydrogen-bond donors (Lipinski definition) is 0. The van der Waals surface area contributed by atoms with Crippen molar-refractivity contribution in [2.45, 2.75) is 16.6 Å². The van der Waals surface area contributed by atoms with Crippen LogP contribution in [0.3, 0.4) is 0 Å². The van der Waals surface area contributed by atoms with E-state index in [-0.39, 0.29) is 5.25 Å². The van der Waals surface area contributed by atoms with Crippen LogP contribution in [0.15, 0.2) is 46.7 Å². The molecule has 108 valence electrons. The number of nitrogens with zero attached hydrogens (tertiary/aromatic N) is 1. The van der Waals surface area contributed by atoms with Gasteiger partial charge in [-0.05, 0) is 56.2 Å². The fourth-order valence-electron chi connectivity index (χ4n) is 2.01. The van der Waals surface area contributed by atoms with Crippen molar-refractivity contribution in [2.24, 2.45) is 0 Å². The molecule has 0 aliphatic heterocycles. The molecule has 2 atom stereocenters.